The van der Waals surface area contributed by atoms with E-state index in [4.69, 9.17) is 4.74 Å². The van der Waals surface area contributed by atoms with Crippen LogP contribution in [0.4, 0.5) is 0 Å². The molecule has 2 atom stereocenters. The molecule has 1 heterocycles. The lowest BCUT2D eigenvalue weighted by molar-refractivity contribution is -0.121. The zero-order chi connectivity index (χ0) is 21.5. The minimum Gasteiger partial charge on any atom is -0.497 e. The van der Waals surface area contributed by atoms with Gasteiger partial charge in [0.25, 0.3) is 0 Å². The summed E-state index contributed by atoms with van der Waals surface area (Å²) in [7, 11) is 3.55. The van der Waals surface area contributed by atoms with Crippen LogP contribution in [0.25, 0.3) is 11.4 Å². The Balaban J connectivity index is 1.68. The van der Waals surface area contributed by atoms with Gasteiger partial charge in [-0.1, -0.05) is 55.4 Å². The van der Waals surface area contributed by atoms with E-state index in [9.17, 15) is 4.79 Å². The highest BCUT2D eigenvalue weighted by Crippen LogP contribution is 2.27. The zero-order valence-electron chi connectivity index (χ0n) is 17.8. The number of carbonyl (C=O) groups excluding carboxylic acids is 1. The van der Waals surface area contributed by atoms with Gasteiger partial charge in [0.15, 0.2) is 11.0 Å². The standard InChI is InChI=1S/C23H28N4O2S/c1-5-9-20(17-10-7-6-8-11-17)24-22(28)16(2)30-23-26-25-21(27(23)3)18-12-14-19(29-4)15-13-18/h6-8,10-16,20H,5,9H2,1-4H3,(H,24,28)/t16-,20+/m0/s1. The van der Waals surface area contributed by atoms with E-state index in [2.05, 4.69) is 34.6 Å². The monoisotopic (exact) mass is 424 g/mol. The fraction of sp³-hybridized carbons (Fsp3) is 0.348. The van der Waals surface area contributed by atoms with Gasteiger partial charge in [0.2, 0.25) is 5.91 Å². The molecule has 0 radical (unpaired) electrons. The summed E-state index contributed by atoms with van der Waals surface area (Å²) in [6.45, 7) is 4.02. The Bertz CT molecular complexity index is 957. The van der Waals surface area contributed by atoms with Crippen molar-refractivity contribution in [3.8, 4) is 17.1 Å². The molecular weight excluding hydrogens is 396 g/mol. The Kier molecular flexibility index (Phi) is 7.52. The second-order valence-electron chi connectivity index (χ2n) is 7.11. The first-order valence-electron chi connectivity index (χ1n) is 10.1. The number of thioether (sulfide) groups is 1. The molecule has 0 aliphatic carbocycles. The molecule has 6 nitrogen and oxygen atoms in total. The third kappa shape index (κ3) is 5.21. The third-order valence-electron chi connectivity index (χ3n) is 4.93. The van der Waals surface area contributed by atoms with Crippen LogP contribution < -0.4 is 10.1 Å². The molecule has 2 aromatic carbocycles. The molecule has 0 spiro atoms. The fourth-order valence-corrected chi connectivity index (χ4v) is 4.03. The topological polar surface area (TPSA) is 69.0 Å². The molecule has 158 valence electrons. The largest absolute Gasteiger partial charge is 0.497 e. The van der Waals surface area contributed by atoms with Gasteiger partial charge in [-0.3, -0.25) is 4.79 Å². The number of hydrogen-bond acceptors (Lipinski definition) is 5. The number of ether oxygens (including phenoxy) is 1. The van der Waals surface area contributed by atoms with Crippen molar-refractivity contribution in [3.05, 3.63) is 60.2 Å². The van der Waals surface area contributed by atoms with Crippen molar-refractivity contribution in [2.75, 3.05) is 7.11 Å². The maximum absolute atomic E-state index is 12.9. The summed E-state index contributed by atoms with van der Waals surface area (Å²) in [5.41, 5.74) is 2.08. The van der Waals surface area contributed by atoms with E-state index in [1.54, 1.807) is 7.11 Å². The summed E-state index contributed by atoms with van der Waals surface area (Å²) in [5.74, 6) is 1.54. The number of nitrogens with zero attached hydrogens (tertiary/aromatic N) is 3. The molecule has 0 saturated carbocycles. The van der Waals surface area contributed by atoms with Crippen LogP contribution in [0.5, 0.6) is 5.75 Å². The van der Waals surface area contributed by atoms with Crippen molar-refractivity contribution in [2.45, 2.75) is 43.1 Å². The number of benzene rings is 2. The van der Waals surface area contributed by atoms with Gasteiger partial charge in [-0.15, -0.1) is 10.2 Å². The zero-order valence-corrected chi connectivity index (χ0v) is 18.6. The van der Waals surface area contributed by atoms with Crippen LogP contribution >= 0.6 is 11.8 Å². The maximum Gasteiger partial charge on any atom is 0.233 e. The second kappa shape index (κ2) is 10.3. The van der Waals surface area contributed by atoms with Gasteiger partial charge >= 0.3 is 0 Å². The maximum atomic E-state index is 12.9. The number of carbonyl (C=O) groups is 1. The van der Waals surface area contributed by atoms with Crippen LogP contribution in [0.3, 0.4) is 0 Å². The first-order valence-corrected chi connectivity index (χ1v) is 11.0. The van der Waals surface area contributed by atoms with Crippen molar-refractivity contribution in [3.63, 3.8) is 0 Å². The van der Waals surface area contributed by atoms with Crippen LogP contribution in [0.1, 0.15) is 38.3 Å². The summed E-state index contributed by atoms with van der Waals surface area (Å²) >= 11 is 1.41. The summed E-state index contributed by atoms with van der Waals surface area (Å²) in [6, 6.07) is 17.8. The van der Waals surface area contributed by atoms with Crippen molar-refractivity contribution in [1.29, 1.82) is 0 Å². The number of hydrogen-bond donors (Lipinski definition) is 1. The third-order valence-corrected chi connectivity index (χ3v) is 6.06. The summed E-state index contributed by atoms with van der Waals surface area (Å²) < 4.78 is 7.12. The van der Waals surface area contributed by atoms with Crippen LogP contribution in [0.15, 0.2) is 59.8 Å². The summed E-state index contributed by atoms with van der Waals surface area (Å²) in [6.07, 6.45) is 1.90. The first kappa shape index (κ1) is 21.9. The lowest BCUT2D eigenvalue weighted by Crippen LogP contribution is -2.34. The van der Waals surface area contributed by atoms with E-state index >= 15 is 0 Å². The molecule has 1 N–H and O–H groups in total. The first-order chi connectivity index (χ1) is 14.5. The highest BCUT2D eigenvalue weighted by molar-refractivity contribution is 8.00. The van der Waals surface area contributed by atoms with Crippen LogP contribution in [0, 0.1) is 0 Å². The molecule has 1 amide bonds. The highest BCUT2D eigenvalue weighted by Gasteiger charge is 2.22. The Morgan fingerprint density at radius 2 is 1.83 bits per heavy atom. The smallest absolute Gasteiger partial charge is 0.233 e. The predicted octanol–water partition coefficient (Wildman–Crippen LogP) is 4.63. The number of rotatable bonds is 9. The molecule has 0 aliphatic heterocycles. The lowest BCUT2D eigenvalue weighted by atomic mass is 10.0. The Hall–Kier alpha value is -2.80. The number of nitrogens with one attached hydrogen (secondary N) is 1. The van der Waals surface area contributed by atoms with Crippen molar-refractivity contribution in [2.24, 2.45) is 7.05 Å². The minimum absolute atomic E-state index is 0.00343. The van der Waals surface area contributed by atoms with Gasteiger partial charge in [0.1, 0.15) is 5.75 Å². The molecule has 3 rings (SSSR count). The van der Waals surface area contributed by atoms with E-state index in [-0.39, 0.29) is 17.2 Å². The van der Waals surface area contributed by atoms with E-state index in [0.717, 1.165) is 35.5 Å². The molecule has 30 heavy (non-hydrogen) atoms. The second-order valence-corrected chi connectivity index (χ2v) is 8.42. The highest BCUT2D eigenvalue weighted by atomic mass is 32.2. The average molecular weight is 425 g/mol. The molecule has 0 saturated heterocycles. The normalized spacial score (nSPS) is 12.9. The average Bonchev–Trinajstić information content (AvgIpc) is 3.14. The van der Waals surface area contributed by atoms with Gasteiger partial charge in [0.05, 0.1) is 18.4 Å². The Morgan fingerprint density at radius 1 is 1.13 bits per heavy atom. The van der Waals surface area contributed by atoms with Crippen LogP contribution in [0.2, 0.25) is 0 Å². The van der Waals surface area contributed by atoms with Crippen molar-refractivity contribution in [1.82, 2.24) is 20.1 Å². The Labute approximate surface area is 182 Å². The van der Waals surface area contributed by atoms with Gasteiger partial charge in [-0.25, -0.2) is 0 Å². The van der Waals surface area contributed by atoms with E-state index in [1.807, 2.05) is 61.0 Å². The van der Waals surface area contributed by atoms with Crippen molar-refractivity contribution < 1.29 is 9.53 Å². The summed E-state index contributed by atoms with van der Waals surface area (Å²) in [5, 5.41) is 12.2. The van der Waals surface area contributed by atoms with Gasteiger partial charge in [0, 0.05) is 12.6 Å². The van der Waals surface area contributed by atoms with E-state index < -0.39 is 0 Å². The fourth-order valence-electron chi connectivity index (χ4n) is 3.21. The van der Waals surface area contributed by atoms with Gasteiger partial charge in [-0.05, 0) is 43.2 Å². The molecule has 0 bridgehead atoms. The van der Waals surface area contributed by atoms with Crippen molar-refractivity contribution >= 4 is 17.7 Å². The summed E-state index contributed by atoms with van der Waals surface area (Å²) in [4.78, 5) is 12.9. The molecule has 1 aromatic heterocycles. The number of methoxy groups -OCH3 is 1. The predicted molar refractivity (Wildman–Crippen MR) is 121 cm³/mol. The molecule has 3 aromatic rings. The molecule has 0 fully saturated rings. The molecule has 0 aliphatic rings. The number of amides is 1. The number of aromatic nitrogens is 3. The quantitative estimate of drug-likeness (QED) is 0.507. The SMILES string of the molecule is CCC[C@@H](NC(=O)[C@H](C)Sc1nnc(-c2ccc(OC)cc2)n1C)c1ccccc1. The molecule has 7 heteroatoms. The van der Waals surface area contributed by atoms with E-state index in [0.29, 0.717) is 5.16 Å². The van der Waals surface area contributed by atoms with E-state index in [1.165, 1.54) is 11.8 Å². The lowest BCUT2D eigenvalue weighted by Gasteiger charge is -2.21. The van der Waals surface area contributed by atoms with Crippen LogP contribution in [-0.2, 0) is 11.8 Å². The molecule has 0 unspecified atom stereocenters. The van der Waals surface area contributed by atoms with Gasteiger partial charge < -0.3 is 14.6 Å². The molecular formula is C23H28N4O2S. The minimum atomic E-state index is -0.292. The van der Waals surface area contributed by atoms with Gasteiger partial charge in [-0.2, -0.15) is 0 Å². The Morgan fingerprint density at radius 3 is 2.47 bits per heavy atom. The van der Waals surface area contributed by atoms with Crippen LogP contribution in [-0.4, -0.2) is 33.0 Å².